The van der Waals surface area contributed by atoms with Crippen LogP contribution in [0.2, 0.25) is 0 Å². The van der Waals surface area contributed by atoms with Crippen LogP contribution in [0.4, 0.5) is 0 Å². The molecule has 0 amide bonds. The third-order valence-corrected chi connectivity index (χ3v) is 3.23. The normalized spacial score (nSPS) is 12.3. The van der Waals surface area contributed by atoms with Gasteiger partial charge in [0.15, 0.2) is 0 Å². The minimum atomic E-state index is 0.243. The molecule has 0 aromatic heterocycles. The van der Waals surface area contributed by atoms with Crippen molar-refractivity contribution in [2.45, 2.75) is 32.2 Å². The molecule has 2 rings (SSSR count). The zero-order valence-electron chi connectivity index (χ0n) is 11.0. The Balaban J connectivity index is 1.83. The topological polar surface area (TPSA) is 26.0 Å². The van der Waals surface area contributed by atoms with Crippen molar-refractivity contribution in [1.29, 1.82) is 0 Å². The van der Waals surface area contributed by atoms with E-state index in [2.05, 4.69) is 55.5 Å². The van der Waals surface area contributed by atoms with Crippen molar-refractivity contribution >= 4 is 0 Å². The van der Waals surface area contributed by atoms with Crippen LogP contribution in [0.15, 0.2) is 54.6 Å². The molecule has 2 aromatic rings. The van der Waals surface area contributed by atoms with Gasteiger partial charge in [0, 0.05) is 6.04 Å². The van der Waals surface area contributed by atoms with Crippen molar-refractivity contribution < 1.29 is 0 Å². The van der Waals surface area contributed by atoms with Crippen molar-refractivity contribution in [2.24, 2.45) is 5.73 Å². The van der Waals surface area contributed by atoms with E-state index in [-0.39, 0.29) is 6.04 Å². The highest BCUT2D eigenvalue weighted by Crippen LogP contribution is 2.10. The molecule has 1 unspecified atom stereocenters. The summed E-state index contributed by atoms with van der Waals surface area (Å²) in [6.07, 6.45) is 3.07. The Labute approximate surface area is 110 Å². The molecule has 0 saturated carbocycles. The molecule has 0 aliphatic rings. The largest absolute Gasteiger partial charge is 0.327 e. The van der Waals surface area contributed by atoms with Crippen molar-refractivity contribution in [3.63, 3.8) is 0 Å². The molecule has 18 heavy (non-hydrogen) atoms. The Bertz CT molecular complexity index is 476. The maximum absolute atomic E-state index is 6.19. The first-order chi connectivity index (χ1) is 8.74. The van der Waals surface area contributed by atoms with Gasteiger partial charge in [0.25, 0.3) is 0 Å². The molecule has 2 aromatic carbocycles. The highest BCUT2D eigenvalue weighted by molar-refractivity contribution is 5.22. The summed E-state index contributed by atoms with van der Waals surface area (Å²) in [5.74, 6) is 0. The van der Waals surface area contributed by atoms with E-state index in [9.17, 15) is 0 Å². The molecule has 0 radical (unpaired) electrons. The molecule has 0 aliphatic carbocycles. The van der Waals surface area contributed by atoms with E-state index >= 15 is 0 Å². The lowest BCUT2D eigenvalue weighted by atomic mass is 9.99. The summed E-state index contributed by atoms with van der Waals surface area (Å²) >= 11 is 0. The lowest BCUT2D eigenvalue weighted by Crippen LogP contribution is -2.23. The van der Waals surface area contributed by atoms with E-state index in [4.69, 9.17) is 5.73 Å². The summed E-state index contributed by atoms with van der Waals surface area (Å²) in [5.41, 5.74) is 10.2. The summed E-state index contributed by atoms with van der Waals surface area (Å²) in [4.78, 5) is 0. The maximum Gasteiger partial charge on any atom is 0.00824 e. The number of hydrogen-bond donors (Lipinski definition) is 1. The predicted molar refractivity (Wildman–Crippen MR) is 77.6 cm³/mol. The van der Waals surface area contributed by atoms with Crippen LogP contribution in [0.1, 0.15) is 23.1 Å². The number of aryl methyl sites for hydroxylation is 2. The minimum Gasteiger partial charge on any atom is -0.327 e. The highest BCUT2D eigenvalue weighted by Gasteiger charge is 2.04. The zero-order chi connectivity index (χ0) is 12.8. The second-order valence-corrected chi connectivity index (χ2v) is 4.98. The summed E-state index contributed by atoms with van der Waals surface area (Å²) in [6, 6.07) is 19.4. The van der Waals surface area contributed by atoms with Gasteiger partial charge in [-0.3, -0.25) is 0 Å². The van der Waals surface area contributed by atoms with Crippen LogP contribution < -0.4 is 5.73 Å². The summed E-state index contributed by atoms with van der Waals surface area (Å²) in [7, 11) is 0. The molecule has 0 spiro atoms. The van der Waals surface area contributed by atoms with Gasteiger partial charge in [0.2, 0.25) is 0 Å². The van der Waals surface area contributed by atoms with Gasteiger partial charge in [-0.1, -0.05) is 60.2 Å². The van der Waals surface area contributed by atoms with Crippen molar-refractivity contribution in [2.75, 3.05) is 0 Å². The molecule has 2 N–H and O–H groups in total. The van der Waals surface area contributed by atoms with E-state index < -0.39 is 0 Å². The average molecular weight is 239 g/mol. The average Bonchev–Trinajstić information content (AvgIpc) is 2.38. The first-order valence-electron chi connectivity index (χ1n) is 6.59. The first-order valence-corrected chi connectivity index (χ1v) is 6.59. The van der Waals surface area contributed by atoms with E-state index in [1.165, 1.54) is 16.7 Å². The number of hydrogen-bond acceptors (Lipinski definition) is 1. The quantitative estimate of drug-likeness (QED) is 0.849. The Morgan fingerprint density at radius 1 is 0.944 bits per heavy atom. The zero-order valence-corrected chi connectivity index (χ0v) is 11.0. The van der Waals surface area contributed by atoms with Crippen LogP contribution in [0.25, 0.3) is 0 Å². The maximum atomic E-state index is 6.19. The van der Waals surface area contributed by atoms with Crippen LogP contribution >= 0.6 is 0 Å². The van der Waals surface area contributed by atoms with E-state index in [1.807, 2.05) is 6.07 Å². The standard InChI is InChI=1S/C17H21N/c1-14-6-5-9-16(12-14)10-11-17(18)13-15-7-3-2-4-8-15/h2-9,12,17H,10-11,13,18H2,1H3. The SMILES string of the molecule is Cc1cccc(CCC(N)Cc2ccccc2)c1. The smallest absolute Gasteiger partial charge is 0.00824 e. The van der Waals surface area contributed by atoms with Gasteiger partial charge in [-0.2, -0.15) is 0 Å². The van der Waals surface area contributed by atoms with Gasteiger partial charge in [-0.25, -0.2) is 0 Å². The van der Waals surface area contributed by atoms with Crippen LogP contribution in [-0.4, -0.2) is 6.04 Å². The molecule has 0 saturated heterocycles. The van der Waals surface area contributed by atoms with Gasteiger partial charge in [-0.05, 0) is 37.3 Å². The lowest BCUT2D eigenvalue weighted by molar-refractivity contribution is 0.610. The van der Waals surface area contributed by atoms with Gasteiger partial charge in [-0.15, -0.1) is 0 Å². The summed E-state index contributed by atoms with van der Waals surface area (Å²) < 4.78 is 0. The lowest BCUT2D eigenvalue weighted by Gasteiger charge is -2.11. The molecular weight excluding hydrogens is 218 g/mol. The Hall–Kier alpha value is -1.60. The van der Waals surface area contributed by atoms with Gasteiger partial charge < -0.3 is 5.73 Å². The van der Waals surface area contributed by atoms with E-state index in [1.54, 1.807) is 0 Å². The third kappa shape index (κ3) is 4.01. The van der Waals surface area contributed by atoms with E-state index in [0.29, 0.717) is 0 Å². The molecule has 0 aliphatic heterocycles. The molecule has 1 atom stereocenters. The minimum absolute atomic E-state index is 0.243. The molecular formula is C17H21N. The predicted octanol–water partition coefficient (Wildman–Crippen LogP) is 3.50. The molecule has 0 heterocycles. The number of nitrogens with two attached hydrogens (primary N) is 1. The fraction of sp³-hybridized carbons (Fsp3) is 0.294. The van der Waals surface area contributed by atoms with Crippen molar-refractivity contribution in [3.8, 4) is 0 Å². The molecule has 1 heteroatoms. The van der Waals surface area contributed by atoms with Gasteiger partial charge >= 0.3 is 0 Å². The Morgan fingerprint density at radius 2 is 1.67 bits per heavy atom. The van der Waals surface area contributed by atoms with Crippen molar-refractivity contribution in [3.05, 3.63) is 71.3 Å². The van der Waals surface area contributed by atoms with Gasteiger partial charge in [0.1, 0.15) is 0 Å². The summed E-state index contributed by atoms with van der Waals surface area (Å²) in [6.45, 7) is 2.13. The molecule has 0 bridgehead atoms. The van der Waals surface area contributed by atoms with Crippen LogP contribution in [0, 0.1) is 6.92 Å². The van der Waals surface area contributed by atoms with Crippen molar-refractivity contribution in [1.82, 2.24) is 0 Å². The highest BCUT2D eigenvalue weighted by atomic mass is 14.6. The Morgan fingerprint density at radius 3 is 2.39 bits per heavy atom. The first kappa shape index (κ1) is 12.8. The fourth-order valence-electron chi connectivity index (χ4n) is 2.24. The Kier molecular flexibility index (Phi) is 4.54. The van der Waals surface area contributed by atoms with Crippen LogP contribution in [-0.2, 0) is 12.8 Å². The fourth-order valence-corrected chi connectivity index (χ4v) is 2.24. The summed E-state index contributed by atoms with van der Waals surface area (Å²) in [5, 5.41) is 0. The number of benzene rings is 2. The molecule has 1 nitrogen and oxygen atoms in total. The molecule has 0 fully saturated rings. The second-order valence-electron chi connectivity index (χ2n) is 4.98. The third-order valence-electron chi connectivity index (χ3n) is 3.23. The number of rotatable bonds is 5. The van der Waals surface area contributed by atoms with Crippen LogP contribution in [0.3, 0.4) is 0 Å². The second kappa shape index (κ2) is 6.36. The van der Waals surface area contributed by atoms with E-state index in [0.717, 1.165) is 19.3 Å². The molecule has 94 valence electrons. The monoisotopic (exact) mass is 239 g/mol. The van der Waals surface area contributed by atoms with Crippen LogP contribution in [0.5, 0.6) is 0 Å². The van der Waals surface area contributed by atoms with Gasteiger partial charge in [0.05, 0.1) is 0 Å².